The van der Waals surface area contributed by atoms with Crippen molar-refractivity contribution in [3.8, 4) is 11.8 Å². The quantitative estimate of drug-likeness (QED) is 0.589. The molecule has 6 nitrogen and oxygen atoms in total. The van der Waals surface area contributed by atoms with Crippen LogP contribution >= 0.6 is 0 Å². The van der Waals surface area contributed by atoms with Crippen LogP contribution in [0.25, 0.3) is 28.4 Å². The Morgan fingerprint density at radius 3 is 2.67 bits per heavy atom. The van der Waals surface area contributed by atoms with Crippen LogP contribution in [0.1, 0.15) is 11.5 Å². The Morgan fingerprint density at radius 2 is 1.88 bits per heavy atom. The summed E-state index contributed by atoms with van der Waals surface area (Å²) >= 11 is 0. The van der Waals surface area contributed by atoms with Crippen molar-refractivity contribution in [2.75, 3.05) is 0 Å². The number of para-hydroxylation sites is 3. The van der Waals surface area contributed by atoms with E-state index in [4.69, 9.17) is 0 Å². The molecule has 2 heterocycles. The zero-order valence-corrected chi connectivity index (χ0v) is 12.6. The van der Waals surface area contributed by atoms with Gasteiger partial charge < -0.3 is 4.98 Å². The predicted molar refractivity (Wildman–Crippen MR) is 90.9 cm³/mol. The Morgan fingerprint density at radius 1 is 1.08 bits per heavy atom. The van der Waals surface area contributed by atoms with Crippen LogP contribution in [-0.2, 0) is 0 Å². The molecule has 2 aromatic heterocycles. The lowest BCUT2D eigenvalue weighted by atomic mass is 10.2. The van der Waals surface area contributed by atoms with E-state index in [1.54, 1.807) is 12.3 Å². The molecule has 0 radical (unpaired) electrons. The first-order valence-electron chi connectivity index (χ1n) is 7.38. The van der Waals surface area contributed by atoms with Crippen molar-refractivity contribution in [2.45, 2.75) is 0 Å². The highest BCUT2D eigenvalue weighted by molar-refractivity contribution is 5.89. The van der Waals surface area contributed by atoms with E-state index < -0.39 is 0 Å². The van der Waals surface area contributed by atoms with Gasteiger partial charge in [-0.25, -0.2) is 4.98 Å². The number of hydrogen-bond acceptors (Lipinski definition) is 4. The van der Waals surface area contributed by atoms with Crippen LogP contribution in [0, 0.1) is 11.3 Å². The second-order valence-corrected chi connectivity index (χ2v) is 5.17. The molecule has 0 fully saturated rings. The number of hydrogen-bond donors (Lipinski definition) is 1. The van der Waals surface area contributed by atoms with Crippen LogP contribution in [0.4, 0.5) is 0 Å². The van der Waals surface area contributed by atoms with E-state index >= 15 is 0 Å². The molecule has 0 bridgehead atoms. The average Bonchev–Trinajstić information content (AvgIpc) is 3.27. The first-order chi connectivity index (χ1) is 11.8. The lowest BCUT2D eigenvalue weighted by Gasteiger charge is -1.96. The average molecular weight is 312 g/mol. The third-order valence-corrected chi connectivity index (χ3v) is 3.55. The van der Waals surface area contributed by atoms with E-state index in [1.165, 1.54) is 4.80 Å². The predicted octanol–water partition coefficient (Wildman–Crippen LogP) is 3.21. The molecule has 0 atom stereocenters. The number of aromatic amines is 1. The van der Waals surface area contributed by atoms with Crippen molar-refractivity contribution in [2.24, 2.45) is 0 Å². The zero-order valence-electron chi connectivity index (χ0n) is 12.6. The number of imidazole rings is 1. The number of aromatic nitrogens is 5. The van der Waals surface area contributed by atoms with Gasteiger partial charge in [0.05, 0.1) is 28.5 Å². The number of fused-ring (bicyclic) bond motifs is 1. The molecule has 4 aromatic rings. The van der Waals surface area contributed by atoms with Gasteiger partial charge >= 0.3 is 0 Å². The number of nitriles is 1. The Bertz CT molecular complexity index is 1030. The van der Waals surface area contributed by atoms with Gasteiger partial charge in [0.25, 0.3) is 0 Å². The Kier molecular flexibility index (Phi) is 3.37. The van der Waals surface area contributed by atoms with Gasteiger partial charge in [0.15, 0.2) is 0 Å². The third-order valence-electron chi connectivity index (χ3n) is 3.55. The maximum Gasteiger partial charge on any atom is 0.149 e. The van der Waals surface area contributed by atoms with Gasteiger partial charge in [-0.2, -0.15) is 15.2 Å². The molecule has 0 spiro atoms. The van der Waals surface area contributed by atoms with Gasteiger partial charge in [-0.15, -0.1) is 5.10 Å². The fourth-order valence-corrected chi connectivity index (χ4v) is 2.41. The molecule has 114 valence electrons. The monoisotopic (exact) mass is 312 g/mol. The highest BCUT2D eigenvalue weighted by Crippen LogP contribution is 2.18. The summed E-state index contributed by atoms with van der Waals surface area (Å²) in [6.45, 7) is 0. The first-order valence-corrected chi connectivity index (χ1v) is 7.38. The summed E-state index contributed by atoms with van der Waals surface area (Å²) in [5.41, 5.74) is 3.57. The van der Waals surface area contributed by atoms with E-state index in [0.29, 0.717) is 17.1 Å². The molecule has 0 unspecified atom stereocenters. The SMILES string of the molecule is N#C/C(=C/c1cnn(-c2ccccc2)n1)c1nc2ccccc2[nH]1. The number of H-pyrrole nitrogens is 1. The molecule has 0 saturated heterocycles. The molecule has 24 heavy (non-hydrogen) atoms. The molecule has 0 saturated carbocycles. The molecular weight excluding hydrogens is 300 g/mol. The van der Waals surface area contributed by atoms with E-state index in [0.717, 1.165) is 16.7 Å². The number of rotatable bonds is 3. The zero-order chi connectivity index (χ0) is 16.4. The number of nitrogens with one attached hydrogen (secondary N) is 1. The summed E-state index contributed by atoms with van der Waals surface area (Å²) < 4.78 is 0. The second kappa shape index (κ2) is 5.82. The summed E-state index contributed by atoms with van der Waals surface area (Å²) in [7, 11) is 0. The number of benzene rings is 2. The minimum absolute atomic E-state index is 0.409. The minimum Gasteiger partial charge on any atom is -0.337 e. The highest BCUT2D eigenvalue weighted by atomic mass is 15.5. The van der Waals surface area contributed by atoms with E-state index in [2.05, 4.69) is 26.2 Å². The standard InChI is InChI=1S/C18H12N6/c19-11-13(18-21-16-8-4-5-9-17(16)22-18)10-14-12-20-24(23-14)15-6-2-1-3-7-15/h1-10,12H,(H,21,22)/b13-10-. The van der Waals surface area contributed by atoms with Gasteiger partial charge in [-0.05, 0) is 30.3 Å². The van der Waals surface area contributed by atoms with Gasteiger partial charge in [0.2, 0.25) is 0 Å². The summed E-state index contributed by atoms with van der Waals surface area (Å²) in [6, 6.07) is 19.4. The van der Waals surface area contributed by atoms with Crippen LogP contribution in [0.15, 0.2) is 60.8 Å². The molecular formula is C18H12N6. The molecule has 2 aromatic carbocycles. The lowest BCUT2D eigenvalue weighted by molar-refractivity contribution is 0.750. The topological polar surface area (TPSA) is 83.2 Å². The van der Waals surface area contributed by atoms with Gasteiger partial charge in [0.1, 0.15) is 17.6 Å². The molecule has 4 rings (SSSR count). The van der Waals surface area contributed by atoms with E-state index in [-0.39, 0.29) is 0 Å². The van der Waals surface area contributed by atoms with Crippen LogP contribution < -0.4 is 0 Å². The van der Waals surface area contributed by atoms with E-state index in [1.807, 2.05) is 54.6 Å². The van der Waals surface area contributed by atoms with Gasteiger partial charge in [-0.1, -0.05) is 30.3 Å². The smallest absolute Gasteiger partial charge is 0.149 e. The molecule has 0 aliphatic heterocycles. The Labute approximate surface area is 137 Å². The molecule has 6 heteroatoms. The Hall–Kier alpha value is -3.72. The van der Waals surface area contributed by atoms with Gasteiger partial charge in [-0.3, -0.25) is 0 Å². The summed E-state index contributed by atoms with van der Waals surface area (Å²) in [6.07, 6.45) is 3.29. The van der Waals surface area contributed by atoms with Crippen molar-refractivity contribution < 1.29 is 0 Å². The number of nitrogens with zero attached hydrogens (tertiary/aromatic N) is 5. The normalized spacial score (nSPS) is 11.5. The van der Waals surface area contributed by atoms with Crippen molar-refractivity contribution in [3.63, 3.8) is 0 Å². The Balaban J connectivity index is 1.71. The molecule has 0 amide bonds. The maximum atomic E-state index is 9.46. The van der Waals surface area contributed by atoms with Crippen molar-refractivity contribution in [1.82, 2.24) is 25.0 Å². The van der Waals surface area contributed by atoms with Crippen molar-refractivity contribution in [1.29, 1.82) is 5.26 Å². The highest BCUT2D eigenvalue weighted by Gasteiger charge is 2.09. The van der Waals surface area contributed by atoms with Crippen LogP contribution in [0.5, 0.6) is 0 Å². The van der Waals surface area contributed by atoms with Crippen LogP contribution in [0.3, 0.4) is 0 Å². The van der Waals surface area contributed by atoms with Crippen LogP contribution in [0.2, 0.25) is 0 Å². The molecule has 0 aliphatic rings. The first kappa shape index (κ1) is 13.9. The maximum absolute atomic E-state index is 9.46. The lowest BCUT2D eigenvalue weighted by Crippen LogP contribution is -1.97. The summed E-state index contributed by atoms with van der Waals surface area (Å²) in [4.78, 5) is 9.12. The van der Waals surface area contributed by atoms with Crippen molar-refractivity contribution in [3.05, 3.63) is 72.3 Å². The largest absolute Gasteiger partial charge is 0.337 e. The summed E-state index contributed by atoms with van der Waals surface area (Å²) in [5, 5.41) is 18.1. The number of allylic oxidation sites excluding steroid dienone is 1. The second-order valence-electron chi connectivity index (χ2n) is 5.17. The fourth-order valence-electron chi connectivity index (χ4n) is 2.41. The van der Waals surface area contributed by atoms with Crippen LogP contribution in [-0.4, -0.2) is 25.0 Å². The van der Waals surface area contributed by atoms with Crippen molar-refractivity contribution >= 4 is 22.7 Å². The fraction of sp³-hybridized carbons (Fsp3) is 0. The molecule has 0 aliphatic carbocycles. The van der Waals surface area contributed by atoms with E-state index in [9.17, 15) is 5.26 Å². The van der Waals surface area contributed by atoms with Gasteiger partial charge in [0, 0.05) is 0 Å². The summed E-state index contributed by atoms with van der Waals surface area (Å²) in [5.74, 6) is 0.521. The molecule has 1 N–H and O–H groups in total. The third kappa shape index (κ3) is 2.55. The minimum atomic E-state index is 0.409.